The number of fused-ring (bicyclic) bond motifs is 9. The second-order valence-corrected chi connectivity index (χ2v) is 14.8. The van der Waals surface area contributed by atoms with Crippen molar-refractivity contribution in [1.29, 1.82) is 0 Å². The van der Waals surface area contributed by atoms with Gasteiger partial charge in [0.05, 0.1) is 0 Å². The lowest BCUT2D eigenvalue weighted by Crippen LogP contribution is -2.14. The lowest BCUT2D eigenvalue weighted by atomic mass is 9.82. The van der Waals surface area contributed by atoms with Gasteiger partial charge in [-0.2, -0.15) is 0 Å². The Morgan fingerprint density at radius 2 is 1.04 bits per heavy atom. The molecule has 0 saturated heterocycles. The van der Waals surface area contributed by atoms with Crippen LogP contribution in [-0.2, 0) is 5.41 Å². The molecule has 2 aromatic heterocycles. The molecule has 0 amide bonds. The van der Waals surface area contributed by atoms with Crippen LogP contribution in [0.4, 0.5) is 0 Å². The van der Waals surface area contributed by atoms with Crippen LogP contribution in [0.15, 0.2) is 168 Å². The van der Waals surface area contributed by atoms with Crippen molar-refractivity contribution in [1.82, 2.24) is 15.0 Å². The summed E-state index contributed by atoms with van der Waals surface area (Å²) in [5.74, 6) is 1.86. The summed E-state index contributed by atoms with van der Waals surface area (Å²) in [6.45, 7) is 4.65. The zero-order valence-electron chi connectivity index (χ0n) is 29.8. The van der Waals surface area contributed by atoms with Crippen molar-refractivity contribution >= 4 is 43.5 Å². The Labute approximate surface area is 312 Å². The van der Waals surface area contributed by atoms with E-state index >= 15 is 0 Å². The molecule has 0 spiro atoms. The van der Waals surface area contributed by atoms with Gasteiger partial charge in [0.25, 0.3) is 0 Å². The summed E-state index contributed by atoms with van der Waals surface area (Å²) in [5, 5.41) is 6.65. The number of hydrogen-bond donors (Lipinski definition) is 0. The summed E-state index contributed by atoms with van der Waals surface area (Å²) in [5.41, 5.74) is 12.1. The fourth-order valence-corrected chi connectivity index (χ4v) is 8.58. The van der Waals surface area contributed by atoms with Crippen LogP contribution in [0.1, 0.15) is 25.0 Å². The Hall–Kier alpha value is -6.91. The standard InChI is InChI=1S/C50H33N3O/c1-50(2)42-19-11-10-17-37(42)39-27-33(22-24-43(39)50)34-23-25-44-41(28-34)46-38-18-9-8-16-36(38)40(29-45(46)54-44)49-52-47(31-13-4-3-5-14-31)51-48(53-49)35-21-20-30-12-6-7-15-32(30)26-35/h3-29H,1-2H3. The number of nitrogens with zero attached hydrogens (tertiary/aromatic N) is 3. The molecule has 0 radical (unpaired) electrons. The molecule has 10 aromatic rings. The molecule has 4 nitrogen and oxygen atoms in total. The zero-order chi connectivity index (χ0) is 36.0. The highest BCUT2D eigenvalue weighted by Gasteiger charge is 2.35. The molecule has 2 heterocycles. The monoisotopic (exact) mass is 691 g/mol. The Balaban J connectivity index is 1.10. The molecule has 54 heavy (non-hydrogen) atoms. The molecule has 0 atom stereocenters. The maximum absolute atomic E-state index is 6.67. The number of hydrogen-bond acceptors (Lipinski definition) is 4. The maximum atomic E-state index is 6.67. The van der Waals surface area contributed by atoms with Crippen molar-refractivity contribution in [2.24, 2.45) is 0 Å². The lowest BCUT2D eigenvalue weighted by molar-refractivity contribution is 0.660. The average molecular weight is 692 g/mol. The molecule has 0 saturated carbocycles. The van der Waals surface area contributed by atoms with Crippen molar-refractivity contribution in [3.05, 3.63) is 175 Å². The highest BCUT2D eigenvalue weighted by molar-refractivity contribution is 6.22. The Kier molecular flexibility index (Phi) is 6.56. The minimum Gasteiger partial charge on any atom is -0.456 e. The lowest BCUT2D eigenvalue weighted by Gasteiger charge is -2.21. The van der Waals surface area contributed by atoms with E-state index in [4.69, 9.17) is 19.4 Å². The van der Waals surface area contributed by atoms with Crippen LogP contribution in [0, 0.1) is 0 Å². The van der Waals surface area contributed by atoms with Crippen LogP contribution in [0.2, 0.25) is 0 Å². The molecule has 0 fully saturated rings. The summed E-state index contributed by atoms with van der Waals surface area (Å²) in [4.78, 5) is 15.3. The van der Waals surface area contributed by atoms with E-state index in [1.807, 2.05) is 30.3 Å². The predicted octanol–water partition coefficient (Wildman–Crippen LogP) is 13.1. The van der Waals surface area contributed by atoms with E-state index in [0.29, 0.717) is 17.5 Å². The van der Waals surface area contributed by atoms with Gasteiger partial charge in [0.1, 0.15) is 11.2 Å². The Morgan fingerprint density at radius 3 is 1.91 bits per heavy atom. The van der Waals surface area contributed by atoms with Crippen LogP contribution in [0.5, 0.6) is 0 Å². The van der Waals surface area contributed by atoms with Crippen molar-refractivity contribution in [2.75, 3.05) is 0 Å². The van der Waals surface area contributed by atoms with Crippen LogP contribution in [0.3, 0.4) is 0 Å². The van der Waals surface area contributed by atoms with Gasteiger partial charge in [-0.3, -0.25) is 0 Å². The first kappa shape index (κ1) is 30.7. The predicted molar refractivity (Wildman–Crippen MR) is 221 cm³/mol. The van der Waals surface area contributed by atoms with Gasteiger partial charge < -0.3 is 4.42 Å². The SMILES string of the molecule is CC1(C)c2ccccc2-c2cc(-c3ccc4oc5cc(-c6nc(-c7ccccc7)nc(-c7ccc8ccccc8c7)n6)c6ccccc6c5c4c3)ccc21. The first-order valence-corrected chi connectivity index (χ1v) is 18.4. The molecule has 0 N–H and O–H groups in total. The first-order chi connectivity index (χ1) is 26.5. The topological polar surface area (TPSA) is 51.8 Å². The average Bonchev–Trinajstić information content (AvgIpc) is 3.71. The second-order valence-electron chi connectivity index (χ2n) is 14.8. The van der Waals surface area contributed by atoms with Gasteiger partial charge in [-0.25, -0.2) is 15.0 Å². The van der Waals surface area contributed by atoms with Crippen LogP contribution < -0.4 is 0 Å². The number of benzene rings is 8. The van der Waals surface area contributed by atoms with Crippen molar-refractivity contribution < 1.29 is 4.42 Å². The summed E-state index contributed by atoms with van der Waals surface area (Å²) in [6, 6.07) is 57.8. The zero-order valence-corrected chi connectivity index (χ0v) is 29.8. The van der Waals surface area contributed by atoms with E-state index < -0.39 is 0 Å². The van der Waals surface area contributed by atoms with Gasteiger partial charge in [0.15, 0.2) is 17.5 Å². The third kappa shape index (κ3) is 4.66. The smallest absolute Gasteiger partial charge is 0.164 e. The molecule has 8 aromatic carbocycles. The second kappa shape index (κ2) is 11.5. The number of rotatable bonds is 4. The molecule has 1 aliphatic rings. The fourth-order valence-electron chi connectivity index (χ4n) is 8.58. The Morgan fingerprint density at radius 1 is 0.389 bits per heavy atom. The summed E-state index contributed by atoms with van der Waals surface area (Å²) >= 11 is 0. The van der Waals surface area contributed by atoms with Gasteiger partial charge in [-0.15, -0.1) is 0 Å². The molecular formula is C50H33N3O. The minimum absolute atomic E-state index is 0.0254. The third-order valence-electron chi connectivity index (χ3n) is 11.3. The van der Waals surface area contributed by atoms with Gasteiger partial charge in [0.2, 0.25) is 0 Å². The van der Waals surface area contributed by atoms with E-state index in [1.54, 1.807) is 0 Å². The van der Waals surface area contributed by atoms with Gasteiger partial charge >= 0.3 is 0 Å². The summed E-state index contributed by atoms with van der Waals surface area (Å²) in [7, 11) is 0. The highest BCUT2D eigenvalue weighted by atomic mass is 16.3. The fraction of sp³-hybridized carbons (Fsp3) is 0.0600. The molecule has 4 heteroatoms. The molecular weight excluding hydrogens is 659 g/mol. The number of furan rings is 1. The van der Waals surface area contributed by atoms with Crippen LogP contribution >= 0.6 is 0 Å². The first-order valence-electron chi connectivity index (χ1n) is 18.4. The van der Waals surface area contributed by atoms with Gasteiger partial charge in [-0.05, 0) is 85.3 Å². The quantitative estimate of drug-likeness (QED) is 0.184. The van der Waals surface area contributed by atoms with E-state index in [0.717, 1.165) is 60.4 Å². The third-order valence-corrected chi connectivity index (χ3v) is 11.3. The molecule has 11 rings (SSSR count). The van der Waals surface area contributed by atoms with E-state index in [-0.39, 0.29) is 5.41 Å². The molecule has 0 aliphatic heterocycles. The van der Waals surface area contributed by atoms with Crippen molar-refractivity contribution in [3.63, 3.8) is 0 Å². The van der Waals surface area contributed by atoms with Crippen LogP contribution in [-0.4, -0.2) is 15.0 Å². The molecule has 0 bridgehead atoms. The number of aromatic nitrogens is 3. The van der Waals surface area contributed by atoms with E-state index in [2.05, 4.69) is 147 Å². The van der Waals surface area contributed by atoms with Gasteiger partial charge in [0, 0.05) is 32.9 Å². The van der Waals surface area contributed by atoms with Crippen LogP contribution in [0.25, 0.3) is 99.9 Å². The van der Waals surface area contributed by atoms with E-state index in [1.165, 1.54) is 33.2 Å². The summed E-state index contributed by atoms with van der Waals surface area (Å²) in [6.07, 6.45) is 0. The largest absolute Gasteiger partial charge is 0.456 e. The molecule has 0 unspecified atom stereocenters. The van der Waals surface area contributed by atoms with Crippen molar-refractivity contribution in [2.45, 2.75) is 19.3 Å². The van der Waals surface area contributed by atoms with Gasteiger partial charge in [-0.1, -0.05) is 147 Å². The Bertz CT molecular complexity index is 3140. The normalized spacial score (nSPS) is 13.1. The maximum Gasteiger partial charge on any atom is 0.164 e. The summed E-state index contributed by atoms with van der Waals surface area (Å²) < 4.78 is 6.67. The minimum atomic E-state index is -0.0254. The van der Waals surface area contributed by atoms with E-state index in [9.17, 15) is 0 Å². The highest BCUT2D eigenvalue weighted by Crippen LogP contribution is 2.50. The molecule has 254 valence electrons. The van der Waals surface area contributed by atoms with Crippen molar-refractivity contribution in [3.8, 4) is 56.4 Å². The molecule has 1 aliphatic carbocycles.